The van der Waals surface area contributed by atoms with Gasteiger partial charge in [-0.3, -0.25) is 4.72 Å². The number of benzene rings is 1. The van der Waals surface area contributed by atoms with Crippen LogP contribution in [0.25, 0.3) is 0 Å². The molecule has 5 heteroatoms. The quantitative estimate of drug-likeness (QED) is 0.746. The number of aryl methyl sites for hydroxylation is 2. The van der Waals surface area contributed by atoms with E-state index in [1.807, 2.05) is 39.0 Å². The van der Waals surface area contributed by atoms with Crippen LogP contribution in [0.15, 0.2) is 18.2 Å². The summed E-state index contributed by atoms with van der Waals surface area (Å²) >= 11 is 0. The summed E-state index contributed by atoms with van der Waals surface area (Å²) in [5.41, 5.74) is 2.76. The molecule has 0 spiro atoms. The van der Waals surface area contributed by atoms with Gasteiger partial charge < -0.3 is 5.32 Å². The van der Waals surface area contributed by atoms with Crippen LogP contribution >= 0.6 is 0 Å². The third-order valence-corrected chi connectivity index (χ3v) is 3.88. The maximum absolute atomic E-state index is 11.8. The minimum atomic E-state index is -3.24. The number of sulfonamides is 1. The van der Waals surface area contributed by atoms with Gasteiger partial charge in [0.25, 0.3) is 0 Å². The SMILES string of the molecule is CCNCCCS(=O)(=O)Nc1cc(C)cc(C)c1. The van der Waals surface area contributed by atoms with Gasteiger partial charge in [-0.05, 0) is 56.6 Å². The Labute approximate surface area is 110 Å². The van der Waals surface area contributed by atoms with Gasteiger partial charge in [0, 0.05) is 5.69 Å². The van der Waals surface area contributed by atoms with Crippen molar-refractivity contribution >= 4 is 15.7 Å². The lowest BCUT2D eigenvalue weighted by molar-refractivity contribution is 0.595. The Morgan fingerprint density at radius 2 is 1.72 bits per heavy atom. The van der Waals surface area contributed by atoms with E-state index in [4.69, 9.17) is 0 Å². The van der Waals surface area contributed by atoms with E-state index in [-0.39, 0.29) is 5.75 Å². The van der Waals surface area contributed by atoms with Gasteiger partial charge in [-0.2, -0.15) is 0 Å². The molecule has 0 aromatic heterocycles. The summed E-state index contributed by atoms with van der Waals surface area (Å²) in [6.07, 6.45) is 0.619. The van der Waals surface area contributed by atoms with Crippen LogP contribution in [0.5, 0.6) is 0 Å². The third-order valence-electron chi connectivity index (χ3n) is 2.51. The Bertz CT molecular complexity index is 464. The summed E-state index contributed by atoms with van der Waals surface area (Å²) < 4.78 is 26.3. The van der Waals surface area contributed by atoms with Crippen LogP contribution in [-0.4, -0.2) is 27.3 Å². The first-order valence-electron chi connectivity index (χ1n) is 6.22. The van der Waals surface area contributed by atoms with E-state index in [0.717, 1.165) is 24.2 Å². The first kappa shape index (κ1) is 15.0. The minimum absolute atomic E-state index is 0.146. The highest BCUT2D eigenvalue weighted by Gasteiger charge is 2.10. The topological polar surface area (TPSA) is 58.2 Å². The second-order valence-electron chi connectivity index (χ2n) is 4.50. The molecule has 0 amide bonds. The maximum Gasteiger partial charge on any atom is 0.232 e. The van der Waals surface area contributed by atoms with Crippen LogP contribution in [0.4, 0.5) is 5.69 Å². The fourth-order valence-corrected chi connectivity index (χ4v) is 2.93. The number of anilines is 1. The largest absolute Gasteiger partial charge is 0.317 e. The van der Waals surface area contributed by atoms with Crippen molar-refractivity contribution in [3.05, 3.63) is 29.3 Å². The summed E-state index contributed by atoms with van der Waals surface area (Å²) in [6.45, 7) is 7.50. The van der Waals surface area contributed by atoms with Crippen LogP contribution in [0.3, 0.4) is 0 Å². The van der Waals surface area contributed by atoms with Gasteiger partial charge in [0.2, 0.25) is 10.0 Å². The van der Waals surface area contributed by atoms with Crippen molar-refractivity contribution in [1.29, 1.82) is 0 Å². The molecule has 0 bridgehead atoms. The van der Waals surface area contributed by atoms with Crippen molar-refractivity contribution in [2.75, 3.05) is 23.6 Å². The van der Waals surface area contributed by atoms with Crippen LogP contribution in [-0.2, 0) is 10.0 Å². The second kappa shape index (κ2) is 6.75. The molecule has 1 rings (SSSR count). The number of hydrogen-bond acceptors (Lipinski definition) is 3. The average molecular weight is 270 g/mol. The van der Waals surface area contributed by atoms with E-state index in [1.165, 1.54) is 0 Å². The molecule has 0 unspecified atom stereocenters. The van der Waals surface area contributed by atoms with Gasteiger partial charge in [-0.25, -0.2) is 8.42 Å². The molecule has 1 aromatic carbocycles. The zero-order valence-corrected chi connectivity index (χ0v) is 12.1. The zero-order chi connectivity index (χ0) is 13.6. The average Bonchev–Trinajstić information content (AvgIpc) is 2.22. The van der Waals surface area contributed by atoms with E-state index >= 15 is 0 Å². The molecule has 0 aliphatic rings. The van der Waals surface area contributed by atoms with E-state index in [9.17, 15) is 8.42 Å². The summed E-state index contributed by atoms with van der Waals surface area (Å²) in [4.78, 5) is 0. The second-order valence-corrected chi connectivity index (χ2v) is 6.35. The van der Waals surface area contributed by atoms with Crippen molar-refractivity contribution in [3.63, 3.8) is 0 Å². The Kier molecular flexibility index (Phi) is 5.62. The first-order chi connectivity index (χ1) is 8.43. The lowest BCUT2D eigenvalue weighted by atomic mass is 10.1. The van der Waals surface area contributed by atoms with Crippen LogP contribution in [0.2, 0.25) is 0 Å². The molecule has 0 aliphatic carbocycles. The van der Waals surface area contributed by atoms with Gasteiger partial charge in [-0.15, -0.1) is 0 Å². The smallest absolute Gasteiger partial charge is 0.232 e. The Hall–Kier alpha value is -1.07. The maximum atomic E-state index is 11.8. The molecule has 0 fully saturated rings. The number of rotatable bonds is 7. The van der Waals surface area contributed by atoms with Crippen molar-refractivity contribution in [2.45, 2.75) is 27.2 Å². The fraction of sp³-hybridized carbons (Fsp3) is 0.538. The lowest BCUT2D eigenvalue weighted by Gasteiger charge is -2.09. The van der Waals surface area contributed by atoms with Gasteiger partial charge in [0.1, 0.15) is 0 Å². The lowest BCUT2D eigenvalue weighted by Crippen LogP contribution is -2.21. The fourth-order valence-electron chi connectivity index (χ4n) is 1.83. The van der Waals surface area contributed by atoms with Crippen molar-refractivity contribution in [1.82, 2.24) is 5.32 Å². The molecule has 0 heterocycles. The molecule has 0 aliphatic heterocycles. The summed E-state index contributed by atoms with van der Waals surface area (Å²) in [7, 11) is -3.24. The van der Waals surface area contributed by atoms with Crippen molar-refractivity contribution in [3.8, 4) is 0 Å². The predicted octanol–water partition coefficient (Wildman–Crippen LogP) is 2.04. The highest BCUT2D eigenvalue weighted by Crippen LogP contribution is 2.15. The van der Waals surface area contributed by atoms with Crippen LogP contribution in [0, 0.1) is 13.8 Å². The van der Waals surface area contributed by atoms with Gasteiger partial charge >= 0.3 is 0 Å². The number of nitrogens with one attached hydrogen (secondary N) is 2. The van der Waals surface area contributed by atoms with Crippen LogP contribution in [0.1, 0.15) is 24.5 Å². The highest BCUT2D eigenvalue weighted by molar-refractivity contribution is 7.92. The Morgan fingerprint density at radius 1 is 1.11 bits per heavy atom. The minimum Gasteiger partial charge on any atom is -0.317 e. The molecule has 0 saturated heterocycles. The Morgan fingerprint density at radius 3 is 2.28 bits per heavy atom. The van der Waals surface area contributed by atoms with E-state index in [2.05, 4.69) is 10.0 Å². The molecule has 4 nitrogen and oxygen atoms in total. The summed E-state index contributed by atoms with van der Waals surface area (Å²) in [6, 6.07) is 5.70. The van der Waals surface area contributed by atoms with Gasteiger partial charge in [-0.1, -0.05) is 13.0 Å². The summed E-state index contributed by atoms with van der Waals surface area (Å²) in [5, 5.41) is 3.11. The highest BCUT2D eigenvalue weighted by atomic mass is 32.2. The molecule has 102 valence electrons. The predicted molar refractivity (Wildman–Crippen MR) is 76.5 cm³/mol. The zero-order valence-electron chi connectivity index (χ0n) is 11.3. The molecule has 0 saturated carbocycles. The summed E-state index contributed by atoms with van der Waals surface area (Å²) in [5.74, 6) is 0.146. The molecular weight excluding hydrogens is 248 g/mol. The molecule has 0 radical (unpaired) electrons. The molecule has 2 N–H and O–H groups in total. The van der Waals surface area contributed by atoms with E-state index in [1.54, 1.807) is 0 Å². The normalized spacial score (nSPS) is 11.5. The monoisotopic (exact) mass is 270 g/mol. The molecule has 18 heavy (non-hydrogen) atoms. The van der Waals surface area contributed by atoms with Gasteiger partial charge in [0.15, 0.2) is 0 Å². The van der Waals surface area contributed by atoms with Crippen molar-refractivity contribution < 1.29 is 8.42 Å². The molecule has 1 aromatic rings. The third kappa shape index (κ3) is 5.51. The Balaban J connectivity index is 2.59. The number of hydrogen-bond donors (Lipinski definition) is 2. The van der Waals surface area contributed by atoms with E-state index < -0.39 is 10.0 Å². The van der Waals surface area contributed by atoms with Crippen LogP contribution < -0.4 is 10.0 Å². The first-order valence-corrected chi connectivity index (χ1v) is 7.87. The molecular formula is C13H22N2O2S. The molecule has 0 atom stereocenters. The standard InChI is InChI=1S/C13H22N2O2S/c1-4-14-6-5-7-18(16,17)15-13-9-11(2)8-12(3)10-13/h8-10,14-15H,4-7H2,1-3H3. The van der Waals surface area contributed by atoms with E-state index in [0.29, 0.717) is 12.1 Å². The van der Waals surface area contributed by atoms with Crippen molar-refractivity contribution in [2.24, 2.45) is 0 Å². The van der Waals surface area contributed by atoms with Gasteiger partial charge in [0.05, 0.1) is 5.75 Å².